The van der Waals surface area contributed by atoms with Gasteiger partial charge in [-0.3, -0.25) is 0 Å². The Morgan fingerprint density at radius 1 is 0.769 bits per heavy atom. The topological polar surface area (TPSA) is 38.7 Å². The molecule has 2 aromatic carbocycles. The fraction of sp³-hybridized carbons (Fsp3) is 0.515. The molecule has 0 aromatic heterocycles. The van der Waals surface area contributed by atoms with E-state index >= 15 is 0 Å². The fourth-order valence-corrected chi connectivity index (χ4v) is 10.1. The van der Waals surface area contributed by atoms with Crippen LogP contribution in [-0.4, -0.2) is 39.9 Å². The first-order valence-corrected chi connectivity index (χ1v) is 22.4. The Kier molecular flexibility index (Phi) is 9.80. The van der Waals surface area contributed by atoms with Crippen LogP contribution in [0.2, 0.25) is 36.3 Å². The van der Waals surface area contributed by atoms with E-state index in [2.05, 4.69) is 105 Å². The molecule has 0 heterocycles. The van der Waals surface area contributed by atoms with Gasteiger partial charge in [0.1, 0.15) is 0 Å². The van der Waals surface area contributed by atoms with Gasteiger partial charge >= 0.3 is 242 Å². The molecule has 1 N–H and O–H groups in total. The number of hydrogen-bond donors (Lipinski definition) is 1. The summed E-state index contributed by atoms with van der Waals surface area (Å²) in [5, 5.41) is 2.30. The van der Waals surface area contributed by atoms with E-state index in [1.54, 1.807) is 0 Å². The van der Waals surface area contributed by atoms with Crippen molar-refractivity contribution in [2.45, 2.75) is 103 Å². The van der Waals surface area contributed by atoms with E-state index in [9.17, 15) is 4.89 Å². The molecule has 0 saturated heterocycles. The van der Waals surface area contributed by atoms with Crippen LogP contribution in [0.1, 0.15) is 54.4 Å². The Morgan fingerprint density at radius 3 is 1.46 bits per heavy atom. The Balaban J connectivity index is 2.00. The Bertz CT molecular complexity index is 1060. The van der Waals surface area contributed by atoms with Gasteiger partial charge in [0.05, 0.1) is 0 Å². The third kappa shape index (κ3) is 7.50. The summed E-state index contributed by atoms with van der Waals surface area (Å²) in [6, 6.07) is 20.4. The van der Waals surface area contributed by atoms with Crippen molar-refractivity contribution >= 4 is 34.7 Å². The molecule has 2 atom stereocenters. The number of benzene rings is 2. The van der Waals surface area contributed by atoms with Crippen LogP contribution in [0.5, 0.6) is 0 Å². The minimum absolute atomic E-state index is 0.0659. The van der Waals surface area contributed by atoms with Crippen LogP contribution in [-0.2, 0) is 8.85 Å². The third-order valence-electron chi connectivity index (χ3n) is 9.40. The summed E-state index contributed by atoms with van der Waals surface area (Å²) in [5.74, 6) is 0. The number of allylic oxidation sites excluding steroid dienone is 1. The van der Waals surface area contributed by atoms with Gasteiger partial charge in [-0.25, -0.2) is 0 Å². The molecule has 0 unspecified atom stereocenters. The van der Waals surface area contributed by atoms with E-state index < -0.39 is 24.1 Å². The second-order valence-electron chi connectivity index (χ2n) is 14.4. The zero-order valence-corrected chi connectivity index (χ0v) is 29.1. The van der Waals surface area contributed by atoms with Crippen molar-refractivity contribution in [2.75, 3.05) is 6.16 Å². The molecule has 0 amide bonds. The first-order valence-electron chi connectivity index (χ1n) is 14.4. The summed E-state index contributed by atoms with van der Waals surface area (Å²) in [6.45, 7) is 27.6. The molecule has 3 rings (SSSR count). The van der Waals surface area contributed by atoms with E-state index in [0.29, 0.717) is 6.16 Å². The van der Waals surface area contributed by atoms with Crippen LogP contribution >= 0.6 is 7.49 Å². The van der Waals surface area contributed by atoms with Crippen LogP contribution in [0.4, 0.5) is 0 Å². The molecule has 216 valence electrons. The van der Waals surface area contributed by atoms with Crippen molar-refractivity contribution in [3.63, 3.8) is 0 Å². The maximum absolute atomic E-state index is 12.3. The monoisotopic (exact) mass is 584 g/mol. The van der Waals surface area contributed by atoms with Crippen molar-refractivity contribution in [3.05, 3.63) is 84.5 Å². The molecular formula is C33H53O3PSi2. The Labute approximate surface area is 241 Å². The summed E-state index contributed by atoms with van der Waals surface area (Å²) in [5.41, 5.74) is 2.40. The van der Waals surface area contributed by atoms with Gasteiger partial charge in [-0.15, -0.1) is 0 Å². The van der Waals surface area contributed by atoms with Crippen molar-refractivity contribution < 1.29 is 13.7 Å². The van der Waals surface area contributed by atoms with Crippen LogP contribution in [0.15, 0.2) is 84.5 Å². The quantitative estimate of drug-likeness (QED) is 0.193. The predicted octanol–water partition coefficient (Wildman–Crippen LogP) is 8.35. The summed E-state index contributed by atoms with van der Waals surface area (Å²) >= 11 is 0. The fourth-order valence-electron chi connectivity index (χ4n) is 4.62. The van der Waals surface area contributed by atoms with Gasteiger partial charge in [-0.2, -0.15) is 0 Å². The van der Waals surface area contributed by atoms with Gasteiger partial charge in [0.15, 0.2) is 0 Å². The number of rotatable bonds is 8. The van der Waals surface area contributed by atoms with Gasteiger partial charge < -0.3 is 0 Å². The first kappa shape index (κ1) is 32.2. The van der Waals surface area contributed by atoms with E-state index in [1.165, 1.54) is 5.57 Å². The van der Waals surface area contributed by atoms with E-state index in [-0.39, 0.29) is 22.3 Å². The molecule has 2 aromatic rings. The average Bonchev–Trinajstić information content (AvgIpc) is 2.84. The average molecular weight is 585 g/mol. The molecule has 1 aliphatic rings. The molecule has 1 fully saturated rings. The van der Waals surface area contributed by atoms with E-state index in [1.807, 2.05) is 36.4 Å². The molecule has 39 heavy (non-hydrogen) atoms. The number of hydrogen-bond acceptors (Lipinski definition) is 3. The summed E-state index contributed by atoms with van der Waals surface area (Å²) < 4.78 is 14.0. The molecule has 0 spiro atoms. The Hall–Kier alpha value is -1.34. The van der Waals surface area contributed by atoms with Crippen LogP contribution in [0.3, 0.4) is 0 Å². The van der Waals surface area contributed by atoms with Crippen molar-refractivity contribution in [1.82, 2.24) is 0 Å². The van der Waals surface area contributed by atoms with E-state index in [0.717, 1.165) is 29.0 Å². The molecule has 1 saturated carbocycles. The maximum atomic E-state index is 12.3. The molecule has 0 bridgehead atoms. The summed E-state index contributed by atoms with van der Waals surface area (Å²) in [7, 11) is -7.02. The molecular weight excluding hydrogens is 532 g/mol. The minimum atomic E-state index is -2.96. The molecule has 1 aliphatic carbocycles. The predicted molar refractivity (Wildman–Crippen MR) is 178 cm³/mol. The summed E-state index contributed by atoms with van der Waals surface area (Å²) in [4.78, 5) is 12.3. The van der Waals surface area contributed by atoms with Crippen LogP contribution in [0, 0.1) is 0 Å². The van der Waals surface area contributed by atoms with E-state index in [4.69, 9.17) is 8.85 Å². The van der Waals surface area contributed by atoms with Crippen LogP contribution in [0.25, 0.3) is 0 Å². The third-order valence-corrected chi connectivity index (χ3v) is 21.7. The van der Waals surface area contributed by atoms with Crippen LogP contribution < -0.4 is 10.6 Å². The van der Waals surface area contributed by atoms with Crippen molar-refractivity contribution in [1.29, 1.82) is 0 Å². The molecule has 0 aliphatic heterocycles. The zero-order chi connectivity index (χ0) is 29.3. The van der Waals surface area contributed by atoms with Crippen molar-refractivity contribution in [3.8, 4) is 0 Å². The molecule has 3 nitrogen and oxygen atoms in total. The first-order chi connectivity index (χ1) is 17.9. The SMILES string of the molecule is C=C1[C@H](O[Si](C)(C)C(C)(C)C)CC(=CC[PH](O)(c2ccccc2)c2ccccc2)C[C@H]1O[Si](C)(C)C(C)(C)C. The standard InChI is InChI=1S/C33H53O3PSi2/c1-26-30(35-38(8,9)32(2,3)4)24-27(25-31(26)36-39(10,11)33(5,6)7)22-23-37(34,28-18-14-12-15-19-28)29-20-16-13-17-21-29/h12-22,30-31,34,37H,1,23-25H2,2-11H3/t30-,31-/m1/s1. The molecule has 0 radical (unpaired) electrons. The van der Waals surface area contributed by atoms with Gasteiger partial charge in [0, 0.05) is 0 Å². The Morgan fingerprint density at radius 2 is 1.13 bits per heavy atom. The normalized spacial score (nSPS) is 20.2. The van der Waals surface area contributed by atoms with Gasteiger partial charge in [-0.1, -0.05) is 0 Å². The molecule has 6 heteroatoms. The van der Waals surface area contributed by atoms with Gasteiger partial charge in [0.2, 0.25) is 0 Å². The second-order valence-corrected chi connectivity index (χ2v) is 27.2. The summed E-state index contributed by atoms with van der Waals surface area (Å²) in [6.07, 6.45) is 4.44. The van der Waals surface area contributed by atoms with Crippen molar-refractivity contribution in [2.24, 2.45) is 0 Å². The van der Waals surface area contributed by atoms with Gasteiger partial charge in [-0.05, 0) is 0 Å². The zero-order valence-electron chi connectivity index (χ0n) is 26.1. The van der Waals surface area contributed by atoms with Gasteiger partial charge in [0.25, 0.3) is 0 Å². The second kappa shape index (κ2) is 11.9.